The Hall–Kier alpha value is -3.11. The van der Waals surface area contributed by atoms with Gasteiger partial charge in [-0.2, -0.15) is 26.3 Å². The van der Waals surface area contributed by atoms with Crippen molar-refractivity contribution in [3.05, 3.63) is 22.3 Å². The first-order valence-corrected chi connectivity index (χ1v) is 9.65. The first kappa shape index (κ1) is 23.1. The SMILES string of the molecule is O=C1N(CC(F)(F)F)C(=O)C2(CC2)N1Cc1nnc(-c2nc(C(F)(F)F)c(F)c(O)c2F)s1. The van der Waals surface area contributed by atoms with E-state index < -0.39 is 76.7 Å². The van der Waals surface area contributed by atoms with Crippen molar-refractivity contribution in [2.24, 2.45) is 0 Å². The minimum absolute atomic E-state index is 0.0454. The molecule has 1 saturated heterocycles. The summed E-state index contributed by atoms with van der Waals surface area (Å²) in [6.45, 7) is -2.34. The molecule has 2 aromatic rings. The molecule has 33 heavy (non-hydrogen) atoms. The zero-order chi connectivity index (χ0) is 24.5. The minimum Gasteiger partial charge on any atom is -0.503 e. The summed E-state index contributed by atoms with van der Waals surface area (Å²) >= 11 is 0.395. The van der Waals surface area contributed by atoms with E-state index in [4.69, 9.17) is 0 Å². The lowest BCUT2D eigenvalue weighted by atomic mass is 10.2. The highest BCUT2D eigenvalue weighted by atomic mass is 32.1. The monoisotopic (exact) mass is 503 g/mol. The molecule has 1 saturated carbocycles. The van der Waals surface area contributed by atoms with Crippen molar-refractivity contribution < 1.29 is 49.8 Å². The van der Waals surface area contributed by atoms with E-state index in [1.54, 1.807) is 0 Å². The molecule has 1 spiro atoms. The van der Waals surface area contributed by atoms with Crippen molar-refractivity contribution in [1.82, 2.24) is 25.0 Å². The van der Waals surface area contributed by atoms with E-state index in [1.807, 2.05) is 0 Å². The second kappa shape index (κ2) is 7.19. The predicted octanol–water partition coefficient (Wildman–Crippen LogP) is 3.46. The number of imide groups is 1. The summed E-state index contributed by atoms with van der Waals surface area (Å²) in [6.07, 6.45) is -10.0. The molecule has 8 nitrogen and oxygen atoms in total. The molecule has 3 amide bonds. The van der Waals surface area contributed by atoms with Crippen molar-refractivity contribution in [2.45, 2.75) is 37.3 Å². The van der Waals surface area contributed by atoms with Crippen LogP contribution in [0.5, 0.6) is 5.75 Å². The van der Waals surface area contributed by atoms with Gasteiger partial charge in [-0.1, -0.05) is 11.3 Å². The van der Waals surface area contributed by atoms with E-state index in [0.29, 0.717) is 11.3 Å². The lowest BCUT2D eigenvalue weighted by Gasteiger charge is -2.19. The maximum Gasteiger partial charge on any atom is 0.436 e. The number of carbonyl (C=O) groups excluding carboxylic acids is 2. The molecule has 17 heteroatoms. The van der Waals surface area contributed by atoms with Gasteiger partial charge in [0.1, 0.15) is 22.8 Å². The Kier molecular flexibility index (Phi) is 5.03. The topological polar surface area (TPSA) is 99.5 Å². The van der Waals surface area contributed by atoms with Gasteiger partial charge in [0.05, 0.1) is 6.54 Å². The number of urea groups is 1. The zero-order valence-electron chi connectivity index (χ0n) is 15.8. The van der Waals surface area contributed by atoms with E-state index in [2.05, 4.69) is 15.2 Å². The van der Waals surface area contributed by atoms with Gasteiger partial charge < -0.3 is 10.0 Å². The number of alkyl halides is 6. The molecule has 2 aromatic heterocycles. The Balaban J connectivity index is 1.64. The molecular formula is C16H9F8N5O3S. The third-order valence-electron chi connectivity index (χ3n) is 4.97. The maximum atomic E-state index is 14.2. The molecule has 1 N–H and O–H groups in total. The number of hydrogen-bond acceptors (Lipinski definition) is 7. The number of carbonyl (C=O) groups is 2. The summed E-state index contributed by atoms with van der Waals surface area (Å²) < 4.78 is 105. The molecule has 1 aliphatic carbocycles. The van der Waals surface area contributed by atoms with Gasteiger partial charge in [-0.3, -0.25) is 9.69 Å². The van der Waals surface area contributed by atoms with Crippen LogP contribution in [-0.2, 0) is 17.5 Å². The van der Waals surface area contributed by atoms with Crippen LogP contribution in [0, 0.1) is 11.6 Å². The van der Waals surface area contributed by atoms with Gasteiger partial charge in [0, 0.05) is 0 Å². The van der Waals surface area contributed by atoms with Crippen LogP contribution in [0.25, 0.3) is 10.7 Å². The number of rotatable bonds is 4. The molecule has 0 aromatic carbocycles. The number of aromatic nitrogens is 3. The fourth-order valence-corrected chi connectivity index (χ4v) is 4.14. The molecule has 2 aliphatic rings. The van der Waals surface area contributed by atoms with Crippen molar-refractivity contribution >= 4 is 23.3 Å². The summed E-state index contributed by atoms with van der Waals surface area (Å²) in [6, 6.07) is -1.24. The van der Waals surface area contributed by atoms with Crippen molar-refractivity contribution in [2.75, 3.05) is 6.54 Å². The van der Waals surface area contributed by atoms with Gasteiger partial charge in [0.25, 0.3) is 5.91 Å². The first-order chi connectivity index (χ1) is 15.2. The standard InChI is InChI=1S/C16H9F8N5O3S/c17-6-8(25-10(16(22,23)24)7(18)9(6)30)11-27-26-5(33-11)3-29-13(32)28(4-15(19,20)21)12(31)14(29)1-2-14/h1-4H2,(H,25,30). The zero-order valence-corrected chi connectivity index (χ0v) is 16.6. The molecule has 3 heterocycles. The van der Waals surface area contributed by atoms with Crippen LogP contribution >= 0.6 is 11.3 Å². The first-order valence-electron chi connectivity index (χ1n) is 8.84. The number of hydrogen-bond donors (Lipinski definition) is 1. The molecule has 0 unspecified atom stereocenters. The second-order valence-corrected chi connectivity index (χ2v) is 8.25. The van der Waals surface area contributed by atoms with Gasteiger partial charge >= 0.3 is 18.4 Å². The van der Waals surface area contributed by atoms with Gasteiger partial charge in [0.15, 0.2) is 28.1 Å². The van der Waals surface area contributed by atoms with Crippen LogP contribution in [0.2, 0.25) is 0 Å². The Morgan fingerprint density at radius 2 is 1.67 bits per heavy atom. The molecule has 4 rings (SSSR count). The van der Waals surface area contributed by atoms with E-state index in [9.17, 15) is 49.8 Å². The van der Waals surface area contributed by atoms with E-state index in [1.165, 1.54) is 0 Å². The van der Waals surface area contributed by atoms with Crippen LogP contribution < -0.4 is 0 Å². The lowest BCUT2D eigenvalue weighted by Crippen LogP contribution is -2.39. The number of amides is 3. The number of pyridine rings is 1. The van der Waals surface area contributed by atoms with Crippen LogP contribution in [0.4, 0.5) is 39.9 Å². The van der Waals surface area contributed by atoms with Crippen molar-refractivity contribution in [1.29, 1.82) is 0 Å². The van der Waals surface area contributed by atoms with E-state index in [0.717, 1.165) is 4.90 Å². The summed E-state index contributed by atoms with van der Waals surface area (Å²) in [5, 5.41) is 15.5. The highest BCUT2D eigenvalue weighted by Gasteiger charge is 2.66. The maximum absolute atomic E-state index is 14.2. The van der Waals surface area contributed by atoms with Gasteiger partial charge in [-0.15, -0.1) is 10.2 Å². The molecular weight excluding hydrogens is 494 g/mol. The normalized spacial score (nSPS) is 18.1. The van der Waals surface area contributed by atoms with Crippen LogP contribution in [-0.4, -0.2) is 60.3 Å². The van der Waals surface area contributed by atoms with Gasteiger partial charge in [-0.25, -0.2) is 18.6 Å². The van der Waals surface area contributed by atoms with Crippen LogP contribution in [0.3, 0.4) is 0 Å². The third kappa shape index (κ3) is 3.83. The Bertz CT molecular complexity index is 1160. The smallest absolute Gasteiger partial charge is 0.436 e. The fraction of sp³-hybridized carbons (Fsp3) is 0.438. The summed E-state index contributed by atoms with van der Waals surface area (Å²) in [4.78, 5) is 28.5. The number of aromatic hydroxyl groups is 1. The summed E-state index contributed by atoms with van der Waals surface area (Å²) in [7, 11) is 0. The van der Waals surface area contributed by atoms with Crippen molar-refractivity contribution in [3.8, 4) is 16.5 Å². The lowest BCUT2D eigenvalue weighted by molar-refractivity contribution is -0.153. The van der Waals surface area contributed by atoms with Gasteiger partial charge in [-0.05, 0) is 12.8 Å². The predicted molar refractivity (Wildman–Crippen MR) is 90.4 cm³/mol. The fourth-order valence-electron chi connectivity index (χ4n) is 3.33. The Morgan fingerprint density at radius 3 is 2.21 bits per heavy atom. The molecule has 1 aliphatic heterocycles. The summed E-state index contributed by atoms with van der Waals surface area (Å²) in [5.41, 5.74) is -4.86. The molecule has 2 fully saturated rings. The Labute approximate surface area is 181 Å². The van der Waals surface area contributed by atoms with E-state index >= 15 is 0 Å². The number of nitrogens with zero attached hydrogens (tertiary/aromatic N) is 5. The minimum atomic E-state index is -5.37. The molecule has 0 atom stereocenters. The van der Waals surface area contributed by atoms with Crippen LogP contribution in [0.15, 0.2) is 0 Å². The molecule has 0 bridgehead atoms. The highest BCUT2D eigenvalue weighted by molar-refractivity contribution is 7.14. The quantitative estimate of drug-likeness (QED) is 0.507. The van der Waals surface area contributed by atoms with Crippen LogP contribution in [0.1, 0.15) is 23.5 Å². The van der Waals surface area contributed by atoms with Gasteiger partial charge in [0.2, 0.25) is 0 Å². The number of halogens is 8. The second-order valence-electron chi connectivity index (χ2n) is 7.19. The average Bonchev–Trinajstić information content (AvgIpc) is 3.33. The highest BCUT2D eigenvalue weighted by Crippen LogP contribution is 2.49. The van der Waals surface area contributed by atoms with Crippen molar-refractivity contribution in [3.63, 3.8) is 0 Å². The Morgan fingerprint density at radius 1 is 1.03 bits per heavy atom. The third-order valence-corrected chi connectivity index (χ3v) is 5.88. The molecule has 0 radical (unpaired) electrons. The summed E-state index contributed by atoms with van der Waals surface area (Å²) in [5.74, 6) is -7.15. The molecule has 178 valence electrons. The van der Waals surface area contributed by atoms with E-state index in [-0.39, 0.29) is 22.7 Å². The largest absolute Gasteiger partial charge is 0.503 e. The average molecular weight is 503 g/mol.